The van der Waals surface area contributed by atoms with Crippen molar-refractivity contribution in [3.8, 4) is 0 Å². The Morgan fingerprint density at radius 3 is 2.08 bits per heavy atom. The van der Waals surface area contributed by atoms with Crippen LogP contribution in [0.25, 0.3) is 11.2 Å². The molecule has 2 aromatic rings. The second kappa shape index (κ2) is 14.3. The van der Waals surface area contributed by atoms with E-state index in [1.54, 1.807) is 10.8 Å². The van der Waals surface area contributed by atoms with E-state index in [1.165, 1.54) is 0 Å². The topological polar surface area (TPSA) is 43.1 Å². The molecule has 0 bridgehead atoms. The van der Waals surface area contributed by atoms with Crippen LogP contribution in [-0.2, 0) is 27.6 Å². The molecular formula is C19H36N4OW. The van der Waals surface area contributed by atoms with Crippen LogP contribution in [0.1, 0.15) is 61.4 Å². The van der Waals surface area contributed by atoms with Crippen molar-refractivity contribution in [3.05, 3.63) is 28.8 Å². The number of aryl methyl sites for hydroxylation is 1. The minimum Gasteiger partial charge on any atom is -0.299 e. The minimum absolute atomic E-state index is 0. The summed E-state index contributed by atoms with van der Waals surface area (Å²) in [4.78, 5) is 19.1. The molecule has 0 amide bonds. The van der Waals surface area contributed by atoms with Gasteiger partial charge in [-0.1, -0.05) is 48.5 Å². The van der Waals surface area contributed by atoms with Crippen molar-refractivity contribution >= 4 is 11.2 Å². The molecule has 0 radical (unpaired) electrons. The summed E-state index contributed by atoms with van der Waals surface area (Å²) in [6.45, 7) is 19.8. The standard InChI is InChI=1S/C13H18N4O.3C2H6.W/c1-3-15-8-10(9-15)17-12-11(6-5-7-14-12)16(4-2)13(17)18;3*1-2;/h5-7,10H,3-4,8-9H2,1-2H3;3*1-2H3;. The molecule has 3 heterocycles. The molecule has 1 aliphatic heterocycles. The summed E-state index contributed by atoms with van der Waals surface area (Å²) >= 11 is 0. The first-order valence-electron chi connectivity index (χ1n) is 9.54. The predicted molar refractivity (Wildman–Crippen MR) is 105 cm³/mol. The van der Waals surface area contributed by atoms with E-state index in [4.69, 9.17) is 0 Å². The van der Waals surface area contributed by atoms with Crippen LogP contribution in [-0.4, -0.2) is 38.7 Å². The molecule has 0 unspecified atom stereocenters. The second-order valence-corrected chi connectivity index (χ2v) is 4.75. The fourth-order valence-corrected chi connectivity index (χ4v) is 2.71. The van der Waals surface area contributed by atoms with Crippen molar-refractivity contribution in [1.82, 2.24) is 19.0 Å². The van der Waals surface area contributed by atoms with Gasteiger partial charge in [0.15, 0.2) is 5.65 Å². The maximum atomic E-state index is 12.4. The van der Waals surface area contributed by atoms with E-state index in [0.29, 0.717) is 6.54 Å². The van der Waals surface area contributed by atoms with Gasteiger partial charge in [-0.2, -0.15) is 0 Å². The Balaban J connectivity index is 0. The number of pyridine rings is 1. The Bertz CT molecular complexity index is 630. The van der Waals surface area contributed by atoms with Gasteiger partial charge in [-0.25, -0.2) is 9.78 Å². The van der Waals surface area contributed by atoms with Crippen molar-refractivity contribution in [2.24, 2.45) is 0 Å². The van der Waals surface area contributed by atoms with E-state index in [1.807, 2.05) is 65.2 Å². The summed E-state index contributed by atoms with van der Waals surface area (Å²) in [5.41, 5.74) is 1.84. The summed E-state index contributed by atoms with van der Waals surface area (Å²) in [6, 6.07) is 4.14. The first-order chi connectivity index (χ1) is 11.8. The summed E-state index contributed by atoms with van der Waals surface area (Å²) in [7, 11) is 0. The molecule has 0 aromatic carbocycles. The van der Waals surface area contributed by atoms with Crippen molar-refractivity contribution in [2.75, 3.05) is 19.6 Å². The van der Waals surface area contributed by atoms with Crippen molar-refractivity contribution < 1.29 is 21.1 Å². The molecule has 144 valence electrons. The Morgan fingerprint density at radius 2 is 1.60 bits per heavy atom. The molecular weight excluding hydrogens is 484 g/mol. The van der Waals surface area contributed by atoms with E-state index in [0.717, 1.165) is 30.8 Å². The zero-order valence-corrected chi connectivity index (χ0v) is 20.2. The van der Waals surface area contributed by atoms with Gasteiger partial charge in [0.2, 0.25) is 0 Å². The molecule has 0 saturated carbocycles. The first-order valence-corrected chi connectivity index (χ1v) is 9.54. The average molecular weight is 520 g/mol. The fraction of sp³-hybridized carbons (Fsp3) is 0.684. The van der Waals surface area contributed by atoms with E-state index in [2.05, 4.69) is 16.8 Å². The Hall–Kier alpha value is -0.932. The second-order valence-electron chi connectivity index (χ2n) is 4.75. The third-order valence-corrected chi connectivity index (χ3v) is 3.79. The van der Waals surface area contributed by atoms with Crippen molar-refractivity contribution in [1.29, 1.82) is 0 Å². The van der Waals surface area contributed by atoms with Gasteiger partial charge in [-0.15, -0.1) is 0 Å². The Labute approximate surface area is 167 Å². The zero-order valence-electron chi connectivity index (χ0n) is 17.2. The molecule has 1 aliphatic rings. The van der Waals surface area contributed by atoms with E-state index in [-0.39, 0.29) is 32.8 Å². The third-order valence-electron chi connectivity index (χ3n) is 3.79. The molecule has 0 N–H and O–H groups in total. The molecule has 6 heteroatoms. The number of hydrogen-bond acceptors (Lipinski definition) is 3. The number of likely N-dealkylation sites (tertiary alicyclic amines) is 1. The molecule has 0 atom stereocenters. The van der Waals surface area contributed by atoms with Crippen LogP contribution in [0.3, 0.4) is 0 Å². The molecule has 0 aliphatic carbocycles. The van der Waals surface area contributed by atoms with E-state index >= 15 is 0 Å². The van der Waals surface area contributed by atoms with Crippen LogP contribution in [0.4, 0.5) is 0 Å². The summed E-state index contributed by atoms with van der Waals surface area (Å²) in [5.74, 6) is 0. The predicted octanol–water partition coefficient (Wildman–Crippen LogP) is 4.17. The number of imidazole rings is 1. The fourth-order valence-electron chi connectivity index (χ4n) is 2.71. The molecule has 0 spiro atoms. The summed E-state index contributed by atoms with van der Waals surface area (Å²) in [6.07, 6.45) is 1.76. The Morgan fingerprint density at radius 1 is 1.04 bits per heavy atom. The zero-order chi connectivity index (χ0) is 18.7. The van der Waals surface area contributed by atoms with Crippen molar-refractivity contribution in [3.63, 3.8) is 0 Å². The number of aromatic nitrogens is 3. The van der Waals surface area contributed by atoms with Crippen LogP contribution >= 0.6 is 0 Å². The van der Waals surface area contributed by atoms with Gasteiger partial charge in [0.25, 0.3) is 0 Å². The van der Waals surface area contributed by atoms with Gasteiger partial charge < -0.3 is 0 Å². The van der Waals surface area contributed by atoms with Crippen LogP contribution < -0.4 is 5.69 Å². The molecule has 1 fully saturated rings. The SMILES string of the molecule is CC.CC.CC.CCN1CC(n2c(=O)n(CC)c3cccnc32)C1.[W]. The van der Waals surface area contributed by atoms with Gasteiger partial charge in [0.05, 0.1) is 11.6 Å². The normalized spacial score (nSPS) is 13.1. The molecule has 25 heavy (non-hydrogen) atoms. The maximum Gasteiger partial charge on any atom is 0.330 e. The van der Waals surface area contributed by atoms with Crippen molar-refractivity contribution in [2.45, 2.75) is 68.0 Å². The van der Waals surface area contributed by atoms with Crippen LogP contribution in [0.2, 0.25) is 0 Å². The van der Waals surface area contributed by atoms with Crippen LogP contribution in [0.5, 0.6) is 0 Å². The van der Waals surface area contributed by atoms with E-state index in [9.17, 15) is 4.79 Å². The number of rotatable bonds is 3. The monoisotopic (exact) mass is 520 g/mol. The smallest absolute Gasteiger partial charge is 0.299 e. The number of fused-ring (bicyclic) bond motifs is 1. The largest absolute Gasteiger partial charge is 0.330 e. The third kappa shape index (κ3) is 5.79. The molecule has 5 nitrogen and oxygen atoms in total. The summed E-state index contributed by atoms with van der Waals surface area (Å²) < 4.78 is 3.67. The van der Waals surface area contributed by atoms with E-state index < -0.39 is 0 Å². The quantitative estimate of drug-likeness (QED) is 0.611. The molecule has 3 rings (SSSR count). The average Bonchev–Trinajstić information content (AvgIpc) is 2.91. The number of likely N-dealkylation sites (N-methyl/N-ethyl adjacent to an activating group) is 1. The first kappa shape index (κ1) is 26.3. The van der Waals surface area contributed by atoms with Gasteiger partial charge in [0, 0.05) is 46.9 Å². The van der Waals surface area contributed by atoms with Gasteiger partial charge in [-0.3, -0.25) is 14.0 Å². The molecule has 1 saturated heterocycles. The maximum absolute atomic E-state index is 12.4. The summed E-state index contributed by atoms with van der Waals surface area (Å²) in [5, 5.41) is 0. The number of hydrogen-bond donors (Lipinski definition) is 0. The van der Waals surface area contributed by atoms with Crippen LogP contribution in [0, 0.1) is 0 Å². The van der Waals surface area contributed by atoms with Crippen LogP contribution in [0.15, 0.2) is 23.1 Å². The van der Waals surface area contributed by atoms with Gasteiger partial charge in [0.1, 0.15) is 0 Å². The molecule has 2 aromatic heterocycles. The van der Waals surface area contributed by atoms with Gasteiger partial charge >= 0.3 is 5.69 Å². The minimum atomic E-state index is 0. The van der Waals surface area contributed by atoms with Gasteiger partial charge in [-0.05, 0) is 25.6 Å². The Kier molecular flexibility index (Phi) is 15.0. The number of nitrogens with zero attached hydrogens (tertiary/aromatic N) is 4.